The Morgan fingerprint density at radius 2 is 1.68 bits per heavy atom. The van der Waals surface area contributed by atoms with Crippen LogP contribution in [0, 0.1) is 0 Å². The fraction of sp³-hybridized carbons (Fsp3) is 0.429. The second kappa shape index (κ2) is 15.4. The van der Waals surface area contributed by atoms with Gasteiger partial charge in [-0.15, -0.1) is 0 Å². The Morgan fingerprint density at radius 1 is 1.02 bits per heavy atom. The number of nitrogens with one attached hydrogen (secondary N) is 2. The molecule has 3 heterocycles. The molecule has 2 aromatic rings. The van der Waals surface area contributed by atoms with E-state index in [2.05, 4.69) is 43.7 Å². The summed E-state index contributed by atoms with van der Waals surface area (Å²) >= 11 is 0. The normalized spacial score (nSPS) is 16.2. The number of amides is 2. The predicted molar refractivity (Wildman–Crippen MR) is 149 cm³/mol. The lowest BCUT2D eigenvalue weighted by Gasteiger charge is -2.31. The number of aliphatic hydroxyl groups is 1. The maximum absolute atomic E-state index is 12.6. The quantitative estimate of drug-likeness (QED) is 0.269. The van der Waals surface area contributed by atoms with Crippen molar-refractivity contribution in [2.24, 2.45) is 0 Å². The topological polar surface area (TPSA) is 185 Å². The van der Waals surface area contributed by atoms with Crippen LogP contribution in [0.1, 0.15) is 41.4 Å². The van der Waals surface area contributed by atoms with E-state index in [1.54, 1.807) is 13.0 Å². The SMILES string of the molecule is CC(=O)N1CCC(Nc2cc(C(=O)NC[C@H](O)CN3CCc4ccccc4C3)ncn2)CC1.O=C(O)/C=C\C(=O)O. The standard InChI is InChI=1S/C24H32N6O3.C4H4O4/c1-17(31)30-10-7-20(8-11-30)28-23-12-22(26-16-27-23)24(33)25-13-21(32)15-29-9-6-18-4-2-3-5-19(18)14-29;5-3(6)1-2-4(7)8/h2-5,12,16,20-21,32H,6-11,13-15H2,1H3,(H,25,33)(H,26,27,28);1-2H,(H,5,6)(H,7,8)/b;2-1-/t21-;/m0./s1. The van der Waals surface area contributed by atoms with Crippen LogP contribution in [0.5, 0.6) is 0 Å². The molecule has 2 aliphatic heterocycles. The Balaban J connectivity index is 0.000000507. The molecule has 1 aromatic carbocycles. The van der Waals surface area contributed by atoms with Crippen molar-refractivity contribution < 1.29 is 34.5 Å². The maximum Gasteiger partial charge on any atom is 0.328 e. The van der Waals surface area contributed by atoms with Gasteiger partial charge in [-0.25, -0.2) is 19.6 Å². The van der Waals surface area contributed by atoms with E-state index in [4.69, 9.17) is 10.2 Å². The molecule has 220 valence electrons. The number of β-amino-alcohol motifs (C(OH)–C–C–N with tert-alkyl or cyclic N) is 1. The van der Waals surface area contributed by atoms with Crippen molar-refractivity contribution in [3.63, 3.8) is 0 Å². The van der Waals surface area contributed by atoms with Crippen LogP contribution >= 0.6 is 0 Å². The highest BCUT2D eigenvalue weighted by atomic mass is 16.4. The number of benzene rings is 1. The van der Waals surface area contributed by atoms with Crippen LogP contribution in [-0.4, -0.2) is 104 Å². The summed E-state index contributed by atoms with van der Waals surface area (Å²) < 4.78 is 0. The summed E-state index contributed by atoms with van der Waals surface area (Å²) in [6, 6.07) is 10.2. The summed E-state index contributed by atoms with van der Waals surface area (Å²) in [6.07, 6.45) is 4.45. The third kappa shape index (κ3) is 10.6. The molecule has 0 aliphatic carbocycles. The number of carbonyl (C=O) groups is 4. The van der Waals surface area contributed by atoms with Gasteiger partial charge in [0.15, 0.2) is 0 Å². The first-order chi connectivity index (χ1) is 19.6. The van der Waals surface area contributed by atoms with Crippen molar-refractivity contribution in [3.05, 3.63) is 65.6 Å². The van der Waals surface area contributed by atoms with E-state index in [0.29, 0.717) is 37.6 Å². The third-order valence-electron chi connectivity index (χ3n) is 6.74. The van der Waals surface area contributed by atoms with Crippen LogP contribution in [0.25, 0.3) is 0 Å². The van der Waals surface area contributed by atoms with Gasteiger partial charge in [0.2, 0.25) is 5.91 Å². The van der Waals surface area contributed by atoms with Crippen LogP contribution in [0.4, 0.5) is 5.82 Å². The molecule has 0 radical (unpaired) electrons. The fourth-order valence-electron chi connectivity index (χ4n) is 4.62. The lowest BCUT2D eigenvalue weighted by atomic mass is 10.00. The number of anilines is 1. The maximum atomic E-state index is 12.6. The van der Waals surface area contributed by atoms with Crippen LogP contribution in [0.2, 0.25) is 0 Å². The van der Waals surface area contributed by atoms with Gasteiger partial charge in [0.05, 0.1) is 6.10 Å². The molecule has 1 atom stereocenters. The summed E-state index contributed by atoms with van der Waals surface area (Å²) in [4.78, 5) is 55.5. The second-order valence-electron chi connectivity index (χ2n) is 9.84. The number of nitrogens with zero attached hydrogens (tertiary/aromatic N) is 4. The molecular formula is C28H36N6O7. The average Bonchev–Trinajstić information content (AvgIpc) is 2.95. The molecule has 2 amide bonds. The summed E-state index contributed by atoms with van der Waals surface area (Å²) in [5.74, 6) is -2.17. The van der Waals surface area contributed by atoms with Gasteiger partial charge in [-0.3, -0.25) is 14.5 Å². The largest absolute Gasteiger partial charge is 0.478 e. The second-order valence-corrected chi connectivity index (χ2v) is 9.84. The molecular weight excluding hydrogens is 532 g/mol. The Kier molecular flexibility index (Phi) is 11.7. The molecule has 41 heavy (non-hydrogen) atoms. The predicted octanol–water partition coefficient (Wildman–Crippen LogP) is 0.760. The van der Waals surface area contributed by atoms with Crippen molar-refractivity contribution in [1.82, 2.24) is 25.1 Å². The lowest BCUT2D eigenvalue weighted by molar-refractivity contribution is -0.134. The summed E-state index contributed by atoms with van der Waals surface area (Å²) in [7, 11) is 0. The van der Waals surface area contributed by atoms with Crippen LogP contribution in [0.3, 0.4) is 0 Å². The number of aliphatic hydroxyl groups excluding tert-OH is 1. The summed E-state index contributed by atoms with van der Waals surface area (Å²) in [5, 5.41) is 32.2. The highest BCUT2D eigenvalue weighted by Crippen LogP contribution is 2.18. The number of fused-ring (bicyclic) bond motifs is 1. The van der Waals surface area contributed by atoms with E-state index in [-0.39, 0.29) is 30.1 Å². The number of rotatable bonds is 9. The number of hydrogen-bond donors (Lipinski definition) is 5. The van der Waals surface area contributed by atoms with Crippen molar-refractivity contribution in [2.45, 2.75) is 44.9 Å². The molecule has 1 saturated heterocycles. The molecule has 4 rings (SSSR count). The number of piperidine rings is 1. The number of aliphatic carboxylic acids is 2. The average molecular weight is 569 g/mol. The van der Waals surface area contributed by atoms with E-state index in [9.17, 15) is 24.3 Å². The number of carboxylic acids is 2. The van der Waals surface area contributed by atoms with Gasteiger partial charge >= 0.3 is 11.9 Å². The van der Waals surface area contributed by atoms with Crippen molar-refractivity contribution >= 4 is 29.6 Å². The highest BCUT2D eigenvalue weighted by molar-refractivity contribution is 5.92. The first-order valence-electron chi connectivity index (χ1n) is 13.3. The van der Waals surface area contributed by atoms with Gasteiger partial charge in [-0.2, -0.15) is 0 Å². The van der Waals surface area contributed by atoms with Crippen LogP contribution < -0.4 is 10.6 Å². The van der Waals surface area contributed by atoms with Crippen LogP contribution in [0.15, 0.2) is 48.8 Å². The lowest BCUT2D eigenvalue weighted by Crippen LogP contribution is -2.42. The Labute approximate surface area is 237 Å². The number of carboxylic acid groups (broad SMARTS) is 2. The first kappa shape index (κ1) is 31.2. The minimum Gasteiger partial charge on any atom is -0.478 e. The summed E-state index contributed by atoms with van der Waals surface area (Å²) in [6.45, 7) is 5.39. The zero-order chi connectivity index (χ0) is 29.8. The molecule has 0 unspecified atom stereocenters. The third-order valence-corrected chi connectivity index (χ3v) is 6.74. The molecule has 0 saturated carbocycles. The minimum absolute atomic E-state index is 0.0988. The van der Waals surface area contributed by atoms with Crippen molar-refractivity contribution in [1.29, 1.82) is 0 Å². The van der Waals surface area contributed by atoms with Gasteiger partial charge in [0, 0.05) is 70.5 Å². The van der Waals surface area contributed by atoms with Crippen LogP contribution in [-0.2, 0) is 27.3 Å². The van der Waals surface area contributed by atoms with Gasteiger partial charge in [-0.1, -0.05) is 24.3 Å². The molecule has 0 bridgehead atoms. The summed E-state index contributed by atoms with van der Waals surface area (Å²) in [5.41, 5.74) is 2.93. The zero-order valence-electron chi connectivity index (χ0n) is 22.9. The molecule has 1 aromatic heterocycles. The van der Waals surface area contributed by atoms with E-state index in [1.165, 1.54) is 17.5 Å². The zero-order valence-corrected chi connectivity index (χ0v) is 22.9. The Hall–Kier alpha value is -4.36. The smallest absolute Gasteiger partial charge is 0.328 e. The van der Waals surface area contributed by atoms with Gasteiger partial charge in [0.25, 0.3) is 5.91 Å². The molecule has 2 aliphatic rings. The van der Waals surface area contributed by atoms with Crippen molar-refractivity contribution in [3.8, 4) is 0 Å². The van der Waals surface area contributed by atoms with Gasteiger partial charge < -0.3 is 30.9 Å². The number of aromatic nitrogens is 2. The molecule has 5 N–H and O–H groups in total. The highest BCUT2D eigenvalue weighted by Gasteiger charge is 2.22. The Morgan fingerprint density at radius 3 is 2.32 bits per heavy atom. The fourth-order valence-corrected chi connectivity index (χ4v) is 4.62. The van der Waals surface area contributed by atoms with Crippen molar-refractivity contribution in [2.75, 3.05) is 38.0 Å². The van der Waals surface area contributed by atoms with Gasteiger partial charge in [0.1, 0.15) is 17.8 Å². The number of likely N-dealkylation sites (tertiary alicyclic amines) is 1. The molecule has 13 heteroatoms. The first-order valence-corrected chi connectivity index (χ1v) is 13.3. The molecule has 13 nitrogen and oxygen atoms in total. The number of carbonyl (C=O) groups excluding carboxylic acids is 2. The molecule has 1 fully saturated rings. The van der Waals surface area contributed by atoms with Gasteiger partial charge in [-0.05, 0) is 30.4 Å². The van der Waals surface area contributed by atoms with E-state index >= 15 is 0 Å². The monoisotopic (exact) mass is 568 g/mol. The molecule has 0 spiro atoms. The number of hydrogen-bond acceptors (Lipinski definition) is 9. The minimum atomic E-state index is -1.26. The van der Waals surface area contributed by atoms with E-state index < -0.39 is 18.0 Å². The Bertz CT molecular complexity index is 1230. The van der Waals surface area contributed by atoms with E-state index in [0.717, 1.165) is 32.4 Å². The van der Waals surface area contributed by atoms with E-state index in [1.807, 2.05) is 11.0 Å².